The summed E-state index contributed by atoms with van der Waals surface area (Å²) >= 11 is 0. The van der Waals surface area contributed by atoms with E-state index >= 15 is 0 Å². The summed E-state index contributed by atoms with van der Waals surface area (Å²) in [7, 11) is 0. The largest absolute Gasteiger partial charge is 0.370 e. The number of rotatable bonds is 8. The quantitative estimate of drug-likeness (QED) is 0.761. The van der Waals surface area contributed by atoms with Crippen molar-refractivity contribution in [2.24, 2.45) is 0 Å². The molecule has 0 fully saturated rings. The molecule has 0 aliphatic rings. The Morgan fingerprint density at radius 3 is 2.50 bits per heavy atom. The maximum absolute atomic E-state index is 4.69. The number of anilines is 2. The van der Waals surface area contributed by atoms with Gasteiger partial charge >= 0.3 is 0 Å². The van der Waals surface area contributed by atoms with Crippen molar-refractivity contribution in [1.82, 2.24) is 20.1 Å². The third-order valence-electron chi connectivity index (χ3n) is 2.67. The van der Waals surface area contributed by atoms with Crippen molar-refractivity contribution in [2.45, 2.75) is 33.1 Å². The second-order valence-electron chi connectivity index (χ2n) is 4.36. The predicted octanol–water partition coefficient (Wildman–Crippen LogP) is 1.90. The third-order valence-corrected chi connectivity index (χ3v) is 2.67. The van der Waals surface area contributed by atoms with Crippen LogP contribution < -0.4 is 10.6 Å². The molecule has 108 valence electrons. The molecule has 0 unspecified atom stereocenters. The van der Waals surface area contributed by atoms with Crippen molar-refractivity contribution in [2.75, 3.05) is 23.7 Å². The molecule has 2 N–H and O–H groups in total. The van der Waals surface area contributed by atoms with Gasteiger partial charge in [0.15, 0.2) is 5.82 Å². The molecular weight excluding hydrogens is 256 g/mol. The standard InChI is InChI=1S/C13H20N6O/c1-3-5-11-17-12(14-4-2)8-13(18-11)15-7-6-10-16-9-20-19-10/h8-9H,3-7H2,1-2H3,(H2,14,15,17,18). The van der Waals surface area contributed by atoms with Gasteiger partial charge in [0.2, 0.25) is 6.39 Å². The molecule has 0 aliphatic carbocycles. The number of aryl methyl sites for hydroxylation is 1. The summed E-state index contributed by atoms with van der Waals surface area (Å²) in [6, 6.07) is 1.92. The summed E-state index contributed by atoms with van der Waals surface area (Å²) in [6.07, 6.45) is 3.93. The van der Waals surface area contributed by atoms with Crippen LogP contribution in [0.15, 0.2) is 17.0 Å². The van der Waals surface area contributed by atoms with Gasteiger partial charge in [0.1, 0.15) is 17.5 Å². The zero-order valence-electron chi connectivity index (χ0n) is 11.9. The number of hydrogen-bond donors (Lipinski definition) is 2. The molecule has 0 saturated heterocycles. The average molecular weight is 276 g/mol. The molecular formula is C13H20N6O. The Bertz CT molecular complexity index is 489. The minimum Gasteiger partial charge on any atom is -0.370 e. The van der Waals surface area contributed by atoms with Gasteiger partial charge in [-0.2, -0.15) is 4.98 Å². The van der Waals surface area contributed by atoms with E-state index in [-0.39, 0.29) is 0 Å². The van der Waals surface area contributed by atoms with Gasteiger partial charge in [0.25, 0.3) is 0 Å². The molecule has 0 saturated carbocycles. The van der Waals surface area contributed by atoms with Gasteiger partial charge in [-0.15, -0.1) is 0 Å². The summed E-state index contributed by atoms with van der Waals surface area (Å²) in [5.74, 6) is 3.22. The maximum atomic E-state index is 4.69. The molecule has 0 spiro atoms. The Balaban J connectivity index is 1.97. The topological polar surface area (TPSA) is 88.8 Å². The minimum absolute atomic E-state index is 0.687. The second kappa shape index (κ2) is 7.42. The fourth-order valence-corrected chi connectivity index (χ4v) is 1.80. The Labute approximate surface area is 118 Å². The lowest BCUT2D eigenvalue weighted by atomic mass is 10.3. The normalized spacial score (nSPS) is 10.5. The summed E-state index contributed by atoms with van der Waals surface area (Å²) < 4.78 is 4.69. The fraction of sp³-hybridized carbons (Fsp3) is 0.538. The Morgan fingerprint density at radius 1 is 1.05 bits per heavy atom. The number of hydrogen-bond acceptors (Lipinski definition) is 7. The number of aromatic nitrogens is 4. The Hall–Kier alpha value is -2.18. The molecule has 7 heteroatoms. The Morgan fingerprint density at radius 2 is 1.85 bits per heavy atom. The SMILES string of the molecule is CCCc1nc(NCC)cc(NCCc2ncon2)n1. The number of nitrogens with zero attached hydrogens (tertiary/aromatic N) is 4. The van der Waals surface area contributed by atoms with Gasteiger partial charge in [0.05, 0.1) is 0 Å². The van der Waals surface area contributed by atoms with Crippen LogP contribution in [0.5, 0.6) is 0 Å². The molecule has 0 aliphatic heterocycles. The molecule has 0 bridgehead atoms. The summed E-state index contributed by atoms with van der Waals surface area (Å²) in [5, 5.41) is 10.3. The lowest BCUT2D eigenvalue weighted by molar-refractivity contribution is 0.410. The van der Waals surface area contributed by atoms with E-state index in [1.165, 1.54) is 6.39 Å². The summed E-state index contributed by atoms with van der Waals surface area (Å²) in [5.41, 5.74) is 0. The summed E-state index contributed by atoms with van der Waals surface area (Å²) in [4.78, 5) is 12.9. The van der Waals surface area contributed by atoms with Crippen molar-refractivity contribution < 1.29 is 4.52 Å². The maximum Gasteiger partial charge on any atom is 0.213 e. The third kappa shape index (κ3) is 4.18. The van der Waals surface area contributed by atoms with E-state index in [1.54, 1.807) is 0 Å². The van der Waals surface area contributed by atoms with Gasteiger partial charge in [-0.1, -0.05) is 12.1 Å². The number of nitrogens with one attached hydrogen (secondary N) is 2. The highest BCUT2D eigenvalue weighted by molar-refractivity contribution is 5.47. The first-order valence-corrected chi connectivity index (χ1v) is 6.92. The molecule has 2 rings (SSSR count). The van der Waals surface area contributed by atoms with Crippen molar-refractivity contribution in [3.05, 3.63) is 24.1 Å². The lowest BCUT2D eigenvalue weighted by Gasteiger charge is -2.09. The van der Waals surface area contributed by atoms with Gasteiger partial charge < -0.3 is 15.2 Å². The van der Waals surface area contributed by atoms with Crippen molar-refractivity contribution in [1.29, 1.82) is 0 Å². The highest BCUT2D eigenvalue weighted by Crippen LogP contribution is 2.12. The van der Waals surface area contributed by atoms with Crippen molar-refractivity contribution >= 4 is 11.6 Å². The molecule has 2 aromatic rings. The molecule has 0 atom stereocenters. The molecule has 2 heterocycles. The first-order valence-electron chi connectivity index (χ1n) is 6.92. The molecule has 0 amide bonds. The van der Waals surface area contributed by atoms with E-state index in [9.17, 15) is 0 Å². The first-order chi connectivity index (χ1) is 9.81. The molecule has 20 heavy (non-hydrogen) atoms. The van der Waals surface area contributed by atoms with Gasteiger partial charge in [-0.05, 0) is 13.3 Å². The van der Waals surface area contributed by atoms with E-state index in [1.807, 2.05) is 13.0 Å². The molecule has 7 nitrogen and oxygen atoms in total. The zero-order valence-corrected chi connectivity index (χ0v) is 11.9. The zero-order chi connectivity index (χ0) is 14.2. The monoisotopic (exact) mass is 276 g/mol. The minimum atomic E-state index is 0.687. The van der Waals surface area contributed by atoms with Crippen LogP contribution in [0.1, 0.15) is 31.9 Å². The Kier molecular flexibility index (Phi) is 5.28. The average Bonchev–Trinajstić information content (AvgIpc) is 2.92. The summed E-state index contributed by atoms with van der Waals surface area (Å²) in [6.45, 7) is 5.70. The fourth-order valence-electron chi connectivity index (χ4n) is 1.80. The van der Waals surface area contributed by atoms with Crippen LogP contribution in [0.25, 0.3) is 0 Å². The molecule has 0 radical (unpaired) electrons. The van der Waals surface area contributed by atoms with E-state index < -0.39 is 0 Å². The highest BCUT2D eigenvalue weighted by Gasteiger charge is 2.04. The molecule has 2 aromatic heterocycles. The van der Waals surface area contributed by atoms with Crippen LogP contribution in [0.2, 0.25) is 0 Å². The smallest absolute Gasteiger partial charge is 0.213 e. The lowest BCUT2D eigenvalue weighted by Crippen LogP contribution is -2.11. The van der Waals surface area contributed by atoms with Crippen LogP contribution in [-0.4, -0.2) is 33.2 Å². The van der Waals surface area contributed by atoms with Crippen molar-refractivity contribution in [3.63, 3.8) is 0 Å². The van der Waals surface area contributed by atoms with E-state index in [0.29, 0.717) is 18.8 Å². The van der Waals surface area contributed by atoms with Crippen LogP contribution in [0.4, 0.5) is 11.6 Å². The van der Waals surface area contributed by atoms with Gasteiger partial charge in [-0.3, -0.25) is 0 Å². The van der Waals surface area contributed by atoms with E-state index in [2.05, 4.69) is 37.7 Å². The molecule has 0 aromatic carbocycles. The predicted molar refractivity (Wildman–Crippen MR) is 76.7 cm³/mol. The van der Waals surface area contributed by atoms with Crippen LogP contribution in [0, 0.1) is 0 Å². The first kappa shape index (κ1) is 14.2. The highest BCUT2D eigenvalue weighted by atomic mass is 16.5. The second-order valence-corrected chi connectivity index (χ2v) is 4.36. The van der Waals surface area contributed by atoms with Crippen LogP contribution in [-0.2, 0) is 12.8 Å². The van der Waals surface area contributed by atoms with E-state index in [4.69, 9.17) is 4.52 Å². The van der Waals surface area contributed by atoms with E-state index in [0.717, 1.165) is 36.8 Å². The van der Waals surface area contributed by atoms with Crippen LogP contribution in [0.3, 0.4) is 0 Å². The van der Waals surface area contributed by atoms with Crippen LogP contribution >= 0.6 is 0 Å². The van der Waals surface area contributed by atoms with Gasteiger partial charge in [-0.25, -0.2) is 9.97 Å². The van der Waals surface area contributed by atoms with Crippen molar-refractivity contribution in [3.8, 4) is 0 Å². The van der Waals surface area contributed by atoms with Gasteiger partial charge in [0, 0.05) is 32.0 Å².